The lowest BCUT2D eigenvalue weighted by atomic mass is 9.87. The van der Waals surface area contributed by atoms with Crippen molar-refractivity contribution >= 4 is 11.8 Å². The van der Waals surface area contributed by atoms with Gasteiger partial charge in [-0.2, -0.15) is 5.10 Å². The van der Waals surface area contributed by atoms with Crippen molar-refractivity contribution in [1.82, 2.24) is 20.0 Å². The highest BCUT2D eigenvalue weighted by Gasteiger charge is 2.38. The van der Waals surface area contributed by atoms with E-state index in [0.29, 0.717) is 38.6 Å². The van der Waals surface area contributed by atoms with Crippen molar-refractivity contribution in [2.75, 3.05) is 7.05 Å². The average Bonchev–Trinajstić information content (AvgIpc) is 3.48. The van der Waals surface area contributed by atoms with E-state index in [2.05, 4.69) is 16.5 Å². The molecule has 1 aliphatic heterocycles. The van der Waals surface area contributed by atoms with Gasteiger partial charge in [-0.25, -0.2) is 4.68 Å². The number of furan rings is 1. The molecule has 4 rings (SSSR count). The molecule has 7 nitrogen and oxygen atoms in total. The quantitative estimate of drug-likeness (QED) is 0.586. The minimum Gasteiger partial charge on any atom is -0.469 e. The summed E-state index contributed by atoms with van der Waals surface area (Å²) in [6.07, 6.45) is 4.41. The molecular weight excluding hydrogens is 404 g/mol. The monoisotopic (exact) mass is 434 g/mol. The highest BCUT2D eigenvalue weighted by atomic mass is 16.3. The highest BCUT2D eigenvalue weighted by molar-refractivity contribution is 5.80. The van der Waals surface area contributed by atoms with Gasteiger partial charge in [0.25, 0.3) is 0 Å². The second kappa shape index (κ2) is 9.02. The molecule has 0 spiro atoms. The van der Waals surface area contributed by atoms with Gasteiger partial charge in [-0.1, -0.05) is 12.1 Å². The molecule has 3 heterocycles. The summed E-state index contributed by atoms with van der Waals surface area (Å²) in [6.45, 7) is 4.53. The van der Waals surface area contributed by atoms with Crippen LogP contribution < -0.4 is 5.32 Å². The Kier molecular flexibility index (Phi) is 6.17. The van der Waals surface area contributed by atoms with Crippen LogP contribution >= 0.6 is 0 Å². The average molecular weight is 435 g/mol. The lowest BCUT2D eigenvalue weighted by Crippen LogP contribution is -2.44. The minimum absolute atomic E-state index is 0.0401. The number of rotatable bonds is 8. The lowest BCUT2D eigenvalue weighted by molar-refractivity contribution is -0.131. The predicted octanol–water partition coefficient (Wildman–Crippen LogP) is 3.71. The third-order valence-electron chi connectivity index (χ3n) is 6.16. The zero-order chi connectivity index (χ0) is 22.7. The van der Waals surface area contributed by atoms with Gasteiger partial charge in [0.2, 0.25) is 11.8 Å². The molecule has 1 aromatic carbocycles. The first kappa shape index (κ1) is 21.9. The van der Waals surface area contributed by atoms with Crippen LogP contribution in [0.3, 0.4) is 0 Å². The van der Waals surface area contributed by atoms with E-state index in [4.69, 9.17) is 4.42 Å². The zero-order valence-corrected chi connectivity index (χ0v) is 18.9. The van der Waals surface area contributed by atoms with Gasteiger partial charge in [0.15, 0.2) is 0 Å². The van der Waals surface area contributed by atoms with Gasteiger partial charge in [-0.3, -0.25) is 9.59 Å². The van der Waals surface area contributed by atoms with Gasteiger partial charge in [0.1, 0.15) is 5.76 Å². The summed E-state index contributed by atoms with van der Waals surface area (Å²) in [6, 6.07) is 13.9. The van der Waals surface area contributed by atoms with E-state index in [1.807, 2.05) is 62.0 Å². The summed E-state index contributed by atoms with van der Waals surface area (Å²) in [5.41, 5.74) is 3.67. The number of nitrogens with zero attached hydrogens (tertiary/aromatic N) is 3. The van der Waals surface area contributed by atoms with Crippen molar-refractivity contribution in [3.05, 3.63) is 71.4 Å². The molecule has 1 aliphatic rings. The van der Waals surface area contributed by atoms with E-state index in [-0.39, 0.29) is 11.8 Å². The number of aryl methyl sites for hydroxylation is 2. The summed E-state index contributed by atoms with van der Waals surface area (Å²) in [7, 11) is 1.82. The fourth-order valence-corrected chi connectivity index (χ4v) is 4.50. The summed E-state index contributed by atoms with van der Waals surface area (Å²) >= 11 is 0. The Morgan fingerprint density at radius 1 is 1.25 bits per heavy atom. The number of hydrogen-bond donors (Lipinski definition) is 1. The molecule has 1 atom stereocenters. The number of benzene rings is 1. The maximum absolute atomic E-state index is 12.9. The van der Waals surface area contributed by atoms with Crippen LogP contribution in [0.25, 0.3) is 5.69 Å². The molecule has 2 aromatic heterocycles. The van der Waals surface area contributed by atoms with Gasteiger partial charge in [0.05, 0.1) is 17.6 Å². The van der Waals surface area contributed by atoms with E-state index in [0.717, 1.165) is 28.4 Å². The molecule has 32 heavy (non-hydrogen) atoms. The molecule has 1 saturated heterocycles. The molecule has 0 aliphatic carbocycles. The summed E-state index contributed by atoms with van der Waals surface area (Å²) in [5, 5.41) is 7.65. The normalized spacial score (nSPS) is 18.0. The summed E-state index contributed by atoms with van der Waals surface area (Å²) < 4.78 is 7.41. The maximum atomic E-state index is 12.9. The van der Waals surface area contributed by atoms with Crippen LogP contribution in [0, 0.1) is 13.8 Å². The standard InChI is InChI=1S/C25H30N4O3/c1-18-14-19(2)29(27-18)21-7-4-6-20(15-21)17-28(3)24(31)10-12-25(11-9-23(30)26-25)16-22-8-5-13-32-22/h4-8,13-15H,9-12,16-17H2,1-3H3,(H,26,30)/t25-/m1/s1. The van der Waals surface area contributed by atoms with E-state index < -0.39 is 5.54 Å². The fourth-order valence-electron chi connectivity index (χ4n) is 4.50. The van der Waals surface area contributed by atoms with Crippen LogP contribution in [-0.2, 0) is 22.6 Å². The smallest absolute Gasteiger partial charge is 0.222 e. The van der Waals surface area contributed by atoms with E-state index >= 15 is 0 Å². The Bertz CT molecular complexity index is 1100. The Morgan fingerprint density at radius 3 is 2.75 bits per heavy atom. The number of nitrogens with one attached hydrogen (secondary N) is 1. The number of carbonyl (C=O) groups excluding carboxylic acids is 2. The Hall–Kier alpha value is -3.35. The molecule has 168 valence electrons. The van der Waals surface area contributed by atoms with Crippen LogP contribution in [0.5, 0.6) is 0 Å². The molecule has 0 unspecified atom stereocenters. The van der Waals surface area contributed by atoms with Gasteiger partial charge in [-0.05, 0) is 62.6 Å². The maximum Gasteiger partial charge on any atom is 0.222 e. The van der Waals surface area contributed by atoms with E-state index in [9.17, 15) is 9.59 Å². The van der Waals surface area contributed by atoms with Gasteiger partial charge in [0, 0.05) is 44.1 Å². The number of aromatic nitrogens is 2. The molecule has 7 heteroatoms. The molecule has 2 amide bonds. The third-order valence-corrected chi connectivity index (χ3v) is 6.16. The third kappa shape index (κ3) is 4.93. The van der Waals surface area contributed by atoms with Crippen LogP contribution in [0.2, 0.25) is 0 Å². The number of amides is 2. The second-order valence-corrected chi connectivity index (χ2v) is 8.84. The first-order valence-corrected chi connectivity index (χ1v) is 11.0. The Labute approximate surface area is 188 Å². The molecule has 1 fully saturated rings. The van der Waals surface area contributed by atoms with Crippen molar-refractivity contribution < 1.29 is 14.0 Å². The molecule has 0 bridgehead atoms. The lowest BCUT2D eigenvalue weighted by Gasteiger charge is -2.29. The van der Waals surface area contributed by atoms with Gasteiger partial charge >= 0.3 is 0 Å². The summed E-state index contributed by atoms with van der Waals surface area (Å²) in [4.78, 5) is 26.6. The Balaban J connectivity index is 1.39. The van der Waals surface area contributed by atoms with Crippen molar-refractivity contribution in [3.63, 3.8) is 0 Å². The van der Waals surface area contributed by atoms with Crippen molar-refractivity contribution in [1.29, 1.82) is 0 Å². The molecule has 0 radical (unpaired) electrons. The van der Waals surface area contributed by atoms with E-state index in [1.54, 1.807) is 11.2 Å². The fraction of sp³-hybridized carbons (Fsp3) is 0.400. The Morgan fingerprint density at radius 2 is 2.09 bits per heavy atom. The number of carbonyl (C=O) groups is 2. The first-order valence-electron chi connectivity index (χ1n) is 11.0. The summed E-state index contributed by atoms with van der Waals surface area (Å²) in [5.74, 6) is 0.925. The highest BCUT2D eigenvalue weighted by Crippen LogP contribution is 2.30. The van der Waals surface area contributed by atoms with Crippen LogP contribution in [0.15, 0.2) is 53.1 Å². The van der Waals surface area contributed by atoms with Crippen molar-refractivity contribution in [3.8, 4) is 5.69 Å². The van der Waals surface area contributed by atoms with Crippen molar-refractivity contribution in [2.24, 2.45) is 0 Å². The zero-order valence-electron chi connectivity index (χ0n) is 18.9. The van der Waals surface area contributed by atoms with E-state index in [1.165, 1.54) is 0 Å². The molecule has 0 saturated carbocycles. The SMILES string of the molecule is Cc1cc(C)n(-c2cccc(CN(C)C(=O)CC[C@@]3(Cc4ccco4)CCC(=O)N3)c2)n1. The second-order valence-electron chi connectivity index (χ2n) is 8.84. The largest absolute Gasteiger partial charge is 0.469 e. The number of hydrogen-bond acceptors (Lipinski definition) is 4. The van der Waals surface area contributed by atoms with Crippen LogP contribution in [0.4, 0.5) is 0 Å². The van der Waals surface area contributed by atoms with Crippen LogP contribution in [0.1, 0.15) is 48.4 Å². The van der Waals surface area contributed by atoms with Crippen LogP contribution in [-0.4, -0.2) is 39.1 Å². The van der Waals surface area contributed by atoms with Gasteiger partial charge in [-0.15, -0.1) is 0 Å². The molecule has 1 N–H and O–H groups in total. The van der Waals surface area contributed by atoms with Crippen molar-refractivity contribution in [2.45, 2.75) is 58.0 Å². The minimum atomic E-state index is -0.416. The first-order chi connectivity index (χ1) is 15.3. The van der Waals surface area contributed by atoms with Gasteiger partial charge < -0.3 is 14.6 Å². The molecular formula is C25H30N4O3. The topological polar surface area (TPSA) is 80.4 Å². The molecule has 3 aromatic rings. The predicted molar refractivity (Wildman–Crippen MR) is 121 cm³/mol.